The lowest BCUT2D eigenvalue weighted by atomic mass is 10.2. The molecule has 1 aromatic carbocycles. The highest BCUT2D eigenvalue weighted by molar-refractivity contribution is 7.13. The lowest BCUT2D eigenvalue weighted by Crippen LogP contribution is -2.37. The Morgan fingerprint density at radius 2 is 2.04 bits per heavy atom. The summed E-state index contributed by atoms with van der Waals surface area (Å²) in [6.45, 7) is 2.48. The molecular weight excluding hydrogens is 340 g/mol. The van der Waals surface area contributed by atoms with Crippen molar-refractivity contribution in [2.75, 3.05) is 13.6 Å². The molecule has 7 nitrogen and oxygen atoms in total. The van der Waals surface area contributed by atoms with Crippen LogP contribution in [0.25, 0.3) is 10.6 Å². The second-order valence-electron chi connectivity index (χ2n) is 4.74. The van der Waals surface area contributed by atoms with Gasteiger partial charge in [0.2, 0.25) is 0 Å². The summed E-state index contributed by atoms with van der Waals surface area (Å²) in [6, 6.07) is 6.27. The van der Waals surface area contributed by atoms with Crippen molar-refractivity contribution in [1.29, 1.82) is 0 Å². The summed E-state index contributed by atoms with van der Waals surface area (Å²) in [4.78, 5) is 26.4. The van der Waals surface area contributed by atoms with E-state index in [9.17, 15) is 14.9 Å². The zero-order chi connectivity index (χ0) is 16.1. The van der Waals surface area contributed by atoms with Crippen LogP contribution in [0.3, 0.4) is 0 Å². The molecule has 0 aliphatic carbocycles. The third kappa shape index (κ3) is 4.98. The molecule has 0 saturated heterocycles. The number of nitro groups is 1. The van der Waals surface area contributed by atoms with Crippen LogP contribution in [-0.2, 0) is 0 Å². The quantitative estimate of drug-likeness (QED) is 0.612. The van der Waals surface area contributed by atoms with Gasteiger partial charge in [0, 0.05) is 35.7 Å². The van der Waals surface area contributed by atoms with Crippen molar-refractivity contribution in [1.82, 2.24) is 15.6 Å². The molecule has 9 heteroatoms. The lowest BCUT2D eigenvalue weighted by molar-refractivity contribution is -0.384. The van der Waals surface area contributed by atoms with E-state index in [0.29, 0.717) is 17.2 Å². The highest BCUT2D eigenvalue weighted by atomic mass is 35.5. The molecule has 0 aliphatic heterocycles. The van der Waals surface area contributed by atoms with E-state index in [4.69, 9.17) is 0 Å². The van der Waals surface area contributed by atoms with Crippen molar-refractivity contribution < 1.29 is 9.72 Å². The van der Waals surface area contributed by atoms with Crippen LogP contribution in [0, 0.1) is 10.1 Å². The number of nitrogens with one attached hydrogen (secondary N) is 2. The molecule has 1 amide bonds. The van der Waals surface area contributed by atoms with Gasteiger partial charge in [-0.3, -0.25) is 14.9 Å². The van der Waals surface area contributed by atoms with Crippen molar-refractivity contribution in [3.8, 4) is 10.6 Å². The van der Waals surface area contributed by atoms with Crippen molar-refractivity contribution >= 4 is 35.3 Å². The van der Waals surface area contributed by atoms with E-state index in [2.05, 4.69) is 15.6 Å². The number of thiazole rings is 1. The number of rotatable bonds is 6. The van der Waals surface area contributed by atoms with Gasteiger partial charge < -0.3 is 10.6 Å². The zero-order valence-electron chi connectivity index (χ0n) is 12.6. The maximum atomic E-state index is 12.0. The minimum atomic E-state index is -0.451. The van der Waals surface area contributed by atoms with Gasteiger partial charge in [-0.15, -0.1) is 23.7 Å². The summed E-state index contributed by atoms with van der Waals surface area (Å²) in [5, 5.41) is 18.8. The van der Waals surface area contributed by atoms with Crippen LogP contribution >= 0.6 is 23.7 Å². The summed E-state index contributed by atoms with van der Waals surface area (Å²) in [5.41, 5.74) is 1.12. The van der Waals surface area contributed by atoms with Gasteiger partial charge in [-0.2, -0.15) is 0 Å². The average Bonchev–Trinajstić information content (AvgIpc) is 3.02. The number of likely N-dealkylation sites (N-methyl/N-ethyl adjacent to an activating group) is 1. The van der Waals surface area contributed by atoms with Crippen LogP contribution in [0.5, 0.6) is 0 Å². The number of carbonyl (C=O) groups excluding carboxylic acids is 1. The lowest BCUT2D eigenvalue weighted by Gasteiger charge is -2.10. The maximum absolute atomic E-state index is 12.0. The Morgan fingerprint density at radius 3 is 2.61 bits per heavy atom. The smallest absolute Gasteiger partial charge is 0.270 e. The van der Waals surface area contributed by atoms with E-state index >= 15 is 0 Å². The number of nitrogens with zero attached hydrogens (tertiary/aromatic N) is 2. The highest BCUT2D eigenvalue weighted by Crippen LogP contribution is 2.25. The number of non-ortho nitro benzene ring substituents is 1. The molecule has 2 aromatic rings. The number of hydrogen-bond acceptors (Lipinski definition) is 6. The van der Waals surface area contributed by atoms with Crippen LogP contribution in [0.2, 0.25) is 0 Å². The molecule has 0 aliphatic rings. The van der Waals surface area contributed by atoms with Gasteiger partial charge in [0.1, 0.15) is 10.7 Å². The standard InChI is InChI=1S/C14H16N4O3S.ClH/c1-9(15-2)7-16-13(19)12-8-22-14(17-12)10-3-5-11(6-4-10)18(20)21;/h3-6,8-9,15H,7H2,1-2H3,(H,16,19);1H. The fourth-order valence-corrected chi connectivity index (χ4v) is 2.48. The molecule has 124 valence electrons. The molecule has 1 aromatic heterocycles. The van der Waals surface area contributed by atoms with E-state index in [1.54, 1.807) is 17.5 Å². The van der Waals surface area contributed by atoms with Crippen LogP contribution in [0.1, 0.15) is 17.4 Å². The molecule has 0 bridgehead atoms. The first-order chi connectivity index (χ1) is 10.5. The Labute approximate surface area is 143 Å². The first-order valence-electron chi connectivity index (χ1n) is 6.67. The van der Waals surface area contributed by atoms with Gasteiger partial charge in [-0.1, -0.05) is 0 Å². The average molecular weight is 357 g/mol. The monoisotopic (exact) mass is 356 g/mol. The fraction of sp³-hybridized carbons (Fsp3) is 0.286. The Balaban J connectivity index is 0.00000264. The maximum Gasteiger partial charge on any atom is 0.270 e. The number of halogens is 1. The number of carbonyl (C=O) groups is 1. The van der Waals surface area contributed by atoms with Gasteiger partial charge in [0.05, 0.1) is 4.92 Å². The van der Waals surface area contributed by atoms with E-state index in [0.717, 1.165) is 5.56 Å². The van der Waals surface area contributed by atoms with Gasteiger partial charge in [-0.25, -0.2) is 4.98 Å². The molecule has 1 atom stereocenters. The number of nitro benzene ring substituents is 1. The molecule has 0 spiro atoms. The van der Waals surface area contributed by atoms with Crippen LogP contribution < -0.4 is 10.6 Å². The van der Waals surface area contributed by atoms with E-state index in [1.807, 2.05) is 14.0 Å². The topological polar surface area (TPSA) is 97.2 Å². The Morgan fingerprint density at radius 1 is 1.39 bits per heavy atom. The third-order valence-corrected chi connectivity index (χ3v) is 4.01. The summed E-state index contributed by atoms with van der Waals surface area (Å²) in [6.07, 6.45) is 0. The predicted octanol–water partition coefficient (Wildman–Crippen LogP) is 2.48. The van der Waals surface area contributed by atoms with E-state index in [1.165, 1.54) is 23.5 Å². The molecule has 0 saturated carbocycles. The Kier molecular flexibility index (Phi) is 7.08. The van der Waals surface area contributed by atoms with Crippen LogP contribution in [0.4, 0.5) is 5.69 Å². The molecule has 1 heterocycles. The zero-order valence-corrected chi connectivity index (χ0v) is 14.2. The summed E-state index contributed by atoms with van der Waals surface area (Å²) in [7, 11) is 1.83. The van der Waals surface area contributed by atoms with Gasteiger partial charge in [0.15, 0.2) is 0 Å². The summed E-state index contributed by atoms with van der Waals surface area (Å²) in [5.74, 6) is -0.230. The predicted molar refractivity (Wildman–Crippen MR) is 92.3 cm³/mol. The molecule has 1 unspecified atom stereocenters. The minimum absolute atomic E-state index is 0. The highest BCUT2D eigenvalue weighted by Gasteiger charge is 2.13. The summed E-state index contributed by atoms with van der Waals surface area (Å²) >= 11 is 1.33. The van der Waals surface area contributed by atoms with Crippen LogP contribution in [0.15, 0.2) is 29.6 Å². The SMILES string of the molecule is CNC(C)CNC(=O)c1csc(-c2ccc([N+](=O)[O-])cc2)n1.Cl. The number of hydrogen-bond donors (Lipinski definition) is 2. The number of aromatic nitrogens is 1. The molecular formula is C14H17ClN4O3S. The third-order valence-electron chi connectivity index (χ3n) is 3.12. The largest absolute Gasteiger partial charge is 0.349 e. The molecule has 0 radical (unpaired) electrons. The number of benzene rings is 1. The second-order valence-corrected chi connectivity index (χ2v) is 5.60. The second kappa shape index (κ2) is 8.56. The fourth-order valence-electron chi connectivity index (χ4n) is 1.67. The Bertz CT molecular complexity index is 675. The van der Waals surface area contributed by atoms with Crippen molar-refractivity contribution in [3.63, 3.8) is 0 Å². The summed E-state index contributed by atoms with van der Waals surface area (Å²) < 4.78 is 0. The van der Waals surface area contributed by atoms with Crippen molar-refractivity contribution in [3.05, 3.63) is 45.5 Å². The van der Waals surface area contributed by atoms with Crippen LogP contribution in [-0.4, -0.2) is 35.4 Å². The van der Waals surface area contributed by atoms with Crippen molar-refractivity contribution in [2.24, 2.45) is 0 Å². The number of amides is 1. The van der Waals surface area contributed by atoms with E-state index < -0.39 is 4.92 Å². The first-order valence-corrected chi connectivity index (χ1v) is 7.55. The molecule has 0 fully saturated rings. The first kappa shape index (κ1) is 19.0. The van der Waals surface area contributed by atoms with Gasteiger partial charge in [-0.05, 0) is 26.1 Å². The molecule has 2 N–H and O–H groups in total. The van der Waals surface area contributed by atoms with E-state index in [-0.39, 0.29) is 30.0 Å². The van der Waals surface area contributed by atoms with Gasteiger partial charge >= 0.3 is 0 Å². The normalized spacial score (nSPS) is 11.4. The molecule has 23 heavy (non-hydrogen) atoms. The Hall–Kier alpha value is -2.03. The minimum Gasteiger partial charge on any atom is -0.349 e. The van der Waals surface area contributed by atoms with Gasteiger partial charge in [0.25, 0.3) is 11.6 Å². The molecule has 2 rings (SSSR count). The van der Waals surface area contributed by atoms with Crippen molar-refractivity contribution in [2.45, 2.75) is 13.0 Å².